The van der Waals surface area contributed by atoms with E-state index in [2.05, 4.69) is 36.5 Å². The molecule has 158 valence electrons. The van der Waals surface area contributed by atoms with E-state index in [9.17, 15) is 9.59 Å². The summed E-state index contributed by atoms with van der Waals surface area (Å²) >= 11 is 0. The van der Waals surface area contributed by atoms with Crippen LogP contribution >= 0.6 is 0 Å². The van der Waals surface area contributed by atoms with Crippen LogP contribution < -0.4 is 5.32 Å². The smallest absolute Gasteiger partial charge is 0.320 e. The van der Waals surface area contributed by atoms with Crippen LogP contribution in [-0.2, 0) is 6.42 Å². The van der Waals surface area contributed by atoms with E-state index in [1.807, 2.05) is 40.1 Å². The van der Waals surface area contributed by atoms with Gasteiger partial charge in [-0.2, -0.15) is 0 Å². The van der Waals surface area contributed by atoms with Gasteiger partial charge in [-0.1, -0.05) is 49.4 Å². The molecule has 2 saturated heterocycles. The molecule has 5 heteroatoms. The first-order valence-electron chi connectivity index (χ1n) is 11.1. The van der Waals surface area contributed by atoms with Gasteiger partial charge in [-0.25, -0.2) is 4.79 Å². The number of hydrogen-bond acceptors (Lipinski definition) is 2. The molecule has 3 amide bonds. The number of urea groups is 1. The Bertz CT molecular complexity index is 860. The van der Waals surface area contributed by atoms with Crippen LogP contribution in [0.15, 0.2) is 54.6 Å². The Balaban J connectivity index is 1.52. The van der Waals surface area contributed by atoms with Crippen molar-refractivity contribution in [3.63, 3.8) is 0 Å². The Morgan fingerprint density at radius 2 is 1.63 bits per heavy atom. The summed E-state index contributed by atoms with van der Waals surface area (Å²) in [5, 5.41) is 3.18. The average Bonchev–Trinajstić information content (AvgIpc) is 3.34. The number of likely N-dealkylation sites (tertiary alicyclic amines) is 2. The number of nitrogens with zero attached hydrogens (tertiary/aromatic N) is 2. The lowest BCUT2D eigenvalue weighted by atomic mass is 9.87. The number of nitrogens with one attached hydrogen (secondary N) is 1. The first-order chi connectivity index (χ1) is 14.6. The molecule has 2 aromatic rings. The van der Waals surface area contributed by atoms with Gasteiger partial charge < -0.3 is 15.1 Å². The average molecular weight is 406 g/mol. The van der Waals surface area contributed by atoms with Crippen LogP contribution in [0.1, 0.15) is 53.6 Å². The van der Waals surface area contributed by atoms with Gasteiger partial charge in [0.05, 0.1) is 0 Å². The molecule has 2 aliphatic rings. The van der Waals surface area contributed by atoms with E-state index in [0.29, 0.717) is 18.7 Å². The van der Waals surface area contributed by atoms with Crippen molar-refractivity contribution in [3.05, 3.63) is 71.3 Å². The van der Waals surface area contributed by atoms with E-state index in [0.717, 1.165) is 38.8 Å². The highest BCUT2D eigenvalue weighted by Crippen LogP contribution is 2.29. The second kappa shape index (κ2) is 9.33. The Morgan fingerprint density at radius 3 is 2.30 bits per heavy atom. The van der Waals surface area contributed by atoms with Gasteiger partial charge >= 0.3 is 6.03 Å². The van der Waals surface area contributed by atoms with Gasteiger partial charge in [-0.15, -0.1) is 0 Å². The monoisotopic (exact) mass is 405 g/mol. The minimum absolute atomic E-state index is 0.0612. The first kappa shape index (κ1) is 20.5. The van der Waals surface area contributed by atoms with Crippen molar-refractivity contribution in [2.24, 2.45) is 0 Å². The number of benzene rings is 2. The molecule has 4 rings (SSSR count). The largest absolute Gasteiger partial charge is 0.347 e. The van der Waals surface area contributed by atoms with Crippen molar-refractivity contribution >= 4 is 11.9 Å². The molecule has 30 heavy (non-hydrogen) atoms. The maximum Gasteiger partial charge on any atom is 0.320 e. The summed E-state index contributed by atoms with van der Waals surface area (Å²) < 4.78 is 0. The third-order valence-corrected chi connectivity index (χ3v) is 6.33. The normalized spacial score (nSPS) is 21.5. The highest BCUT2D eigenvalue weighted by Gasteiger charge is 2.34. The Labute approximate surface area is 179 Å². The molecule has 0 aromatic heterocycles. The molecule has 0 spiro atoms. The molecule has 0 aliphatic carbocycles. The van der Waals surface area contributed by atoms with Crippen molar-refractivity contribution in [3.8, 4) is 0 Å². The zero-order valence-electron chi connectivity index (χ0n) is 17.7. The topological polar surface area (TPSA) is 52.7 Å². The molecular formula is C25H31N3O2. The second-order valence-corrected chi connectivity index (χ2v) is 8.45. The number of aryl methyl sites for hydroxylation is 1. The number of hydrogen-bond donors (Lipinski definition) is 1. The summed E-state index contributed by atoms with van der Waals surface area (Å²) in [5.41, 5.74) is 3.21. The number of rotatable bonds is 4. The maximum absolute atomic E-state index is 13.1. The van der Waals surface area contributed by atoms with Crippen molar-refractivity contribution in [1.29, 1.82) is 0 Å². The minimum atomic E-state index is -0.0730. The minimum Gasteiger partial charge on any atom is -0.347 e. The van der Waals surface area contributed by atoms with Gasteiger partial charge in [0.25, 0.3) is 5.91 Å². The van der Waals surface area contributed by atoms with Crippen LogP contribution in [0.2, 0.25) is 0 Å². The van der Waals surface area contributed by atoms with E-state index in [-0.39, 0.29) is 23.9 Å². The number of piperidine rings is 1. The molecule has 2 unspecified atom stereocenters. The van der Waals surface area contributed by atoms with Crippen LogP contribution in [0.3, 0.4) is 0 Å². The number of carbonyl (C=O) groups is 2. The second-order valence-electron chi connectivity index (χ2n) is 8.45. The van der Waals surface area contributed by atoms with Gasteiger partial charge in [0.15, 0.2) is 0 Å². The van der Waals surface area contributed by atoms with E-state index >= 15 is 0 Å². The number of carbonyl (C=O) groups excluding carboxylic acids is 2. The zero-order chi connectivity index (χ0) is 20.9. The van der Waals surface area contributed by atoms with Gasteiger partial charge in [0.1, 0.15) is 0 Å². The standard InChI is InChI=1S/C25H31N3O2/c1-2-19-10-12-20(13-11-19)22-16-23(26-24(29)21-8-4-3-5-9-21)18-28(17-22)25(30)27-14-6-7-15-27/h3-5,8-13,22-23H,2,6-7,14-18H2,1H3,(H,26,29). The van der Waals surface area contributed by atoms with Crippen molar-refractivity contribution in [2.45, 2.75) is 44.6 Å². The van der Waals surface area contributed by atoms with Gasteiger partial charge in [0, 0.05) is 43.7 Å². The van der Waals surface area contributed by atoms with E-state index in [1.165, 1.54) is 11.1 Å². The Hall–Kier alpha value is -2.82. The fourth-order valence-corrected chi connectivity index (χ4v) is 4.59. The molecule has 0 bridgehead atoms. The summed E-state index contributed by atoms with van der Waals surface area (Å²) in [5.74, 6) is 0.147. The molecular weight excluding hydrogens is 374 g/mol. The molecule has 2 aromatic carbocycles. The summed E-state index contributed by atoms with van der Waals surface area (Å²) in [6.07, 6.45) is 4.01. The molecule has 0 radical (unpaired) electrons. The van der Waals surface area contributed by atoms with Crippen LogP contribution in [0, 0.1) is 0 Å². The zero-order valence-corrected chi connectivity index (χ0v) is 17.7. The predicted molar refractivity (Wildman–Crippen MR) is 119 cm³/mol. The Kier molecular flexibility index (Phi) is 6.36. The predicted octanol–water partition coefficient (Wildman–Crippen LogP) is 4.05. The van der Waals surface area contributed by atoms with Crippen molar-refractivity contribution in [1.82, 2.24) is 15.1 Å². The summed E-state index contributed by atoms with van der Waals surface area (Å²) in [4.78, 5) is 29.8. The molecule has 0 saturated carbocycles. The molecule has 2 atom stereocenters. The third-order valence-electron chi connectivity index (χ3n) is 6.33. The van der Waals surface area contributed by atoms with Crippen LogP contribution in [-0.4, -0.2) is 54.0 Å². The fraction of sp³-hybridized carbons (Fsp3) is 0.440. The van der Waals surface area contributed by atoms with Crippen LogP contribution in [0.5, 0.6) is 0 Å². The summed E-state index contributed by atoms with van der Waals surface area (Å²) in [6, 6.07) is 18.1. The van der Waals surface area contributed by atoms with E-state index < -0.39 is 0 Å². The summed E-state index contributed by atoms with van der Waals surface area (Å²) in [6.45, 7) is 5.11. The SMILES string of the molecule is CCc1ccc(C2CC(NC(=O)c3ccccc3)CN(C(=O)N3CCCC3)C2)cc1. The lowest BCUT2D eigenvalue weighted by Crippen LogP contribution is -2.54. The van der Waals surface area contributed by atoms with Gasteiger partial charge in [0.2, 0.25) is 0 Å². The van der Waals surface area contributed by atoms with Crippen molar-refractivity contribution in [2.75, 3.05) is 26.2 Å². The maximum atomic E-state index is 13.1. The molecule has 1 N–H and O–H groups in total. The lowest BCUT2D eigenvalue weighted by molar-refractivity contribution is 0.0890. The van der Waals surface area contributed by atoms with Crippen molar-refractivity contribution < 1.29 is 9.59 Å². The van der Waals surface area contributed by atoms with Gasteiger partial charge in [-0.3, -0.25) is 4.79 Å². The highest BCUT2D eigenvalue weighted by molar-refractivity contribution is 5.94. The fourth-order valence-electron chi connectivity index (χ4n) is 4.59. The number of amides is 3. The van der Waals surface area contributed by atoms with Crippen LogP contribution in [0.4, 0.5) is 4.79 Å². The van der Waals surface area contributed by atoms with E-state index in [1.54, 1.807) is 0 Å². The highest BCUT2D eigenvalue weighted by atomic mass is 16.2. The molecule has 5 nitrogen and oxygen atoms in total. The summed E-state index contributed by atoms with van der Waals surface area (Å²) in [7, 11) is 0. The van der Waals surface area contributed by atoms with Crippen LogP contribution in [0.25, 0.3) is 0 Å². The van der Waals surface area contributed by atoms with E-state index in [4.69, 9.17) is 0 Å². The molecule has 2 aliphatic heterocycles. The molecule has 2 heterocycles. The van der Waals surface area contributed by atoms with Gasteiger partial charge in [-0.05, 0) is 48.9 Å². The Morgan fingerprint density at radius 1 is 0.933 bits per heavy atom. The quantitative estimate of drug-likeness (QED) is 0.834. The third kappa shape index (κ3) is 4.66. The molecule has 2 fully saturated rings. The lowest BCUT2D eigenvalue weighted by Gasteiger charge is -2.40. The first-order valence-corrected chi connectivity index (χ1v) is 11.1.